The highest BCUT2D eigenvalue weighted by Crippen LogP contribution is 2.64. The first-order valence-electron chi connectivity index (χ1n) is 9.25. The second-order valence-electron chi connectivity index (χ2n) is 7.25. The van der Waals surface area contributed by atoms with Crippen LogP contribution in [0.4, 0.5) is 0 Å². The normalized spacial score (nSPS) is 14.6. The Labute approximate surface area is 162 Å². The van der Waals surface area contributed by atoms with Crippen molar-refractivity contribution in [3.05, 3.63) is 107 Å². The maximum absolute atomic E-state index is 11.0. The minimum atomic E-state index is -0.750. The number of rotatable bonds is 0. The van der Waals surface area contributed by atoms with E-state index >= 15 is 0 Å². The number of phenolic OH excluding ortho intramolecular Hbond substituents is 2. The lowest BCUT2D eigenvalue weighted by molar-refractivity contribution is 0.375. The molecule has 4 aromatic carbocycles. The van der Waals surface area contributed by atoms with E-state index in [0.29, 0.717) is 11.3 Å². The lowest BCUT2D eigenvalue weighted by atomic mass is 9.65. The average Bonchev–Trinajstić information content (AvgIpc) is 3.03. The molecular formula is C25H16O3. The number of fused-ring (bicyclic) bond motifs is 9. The SMILES string of the molecule is Oc1ccc2c(c1O)C1(c3ccccc3O2)c2ccccc2-c2ccccc21. The van der Waals surface area contributed by atoms with Crippen LogP contribution in [0.25, 0.3) is 11.1 Å². The first kappa shape index (κ1) is 15.3. The summed E-state index contributed by atoms with van der Waals surface area (Å²) in [5, 5.41) is 21.4. The van der Waals surface area contributed by atoms with E-state index in [1.165, 1.54) is 6.07 Å². The topological polar surface area (TPSA) is 49.7 Å². The summed E-state index contributed by atoms with van der Waals surface area (Å²) in [6.45, 7) is 0. The van der Waals surface area contributed by atoms with E-state index in [1.807, 2.05) is 48.5 Å². The van der Waals surface area contributed by atoms with Gasteiger partial charge in [-0.15, -0.1) is 0 Å². The molecule has 1 aliphatic carbocycles. The minimum absolute atomic E-state index is 0.140. The Kier molecular flexibility index (Phi) is 2.83. The lowest BCUT2D eigenvalue weighted by Gasteiger charge is -2.39. The van der Waals surface area contributed by atoms with E-state index in [9.17, 15) is 10.2 Å². The van der Waals surface area contributed by atoms with E-state index in [0.717, 1.165) is 33.6 Å². The molecule has 3 nitrogen and oxygen atoms in total. The highest BCUT2D eigenvalue weighted by Gasteiger charge is 2.52. The third-order valence-corrected chi connectivity index (χ3v) is 5.96. The molecule has 134 valence electrons. The van der Waals surface area contributed by atoms with Crippen LogP contribution in [0.5, 0.6) is 23.0 Å². The maximum atomic E-state index is 11.0. The van der Waals surface area contributed by atoms with Crippen molar-refractivity contribution >= 4 is 0 Å². The summed E-state index contributed by atoms with van der Waals surface area (Å²) in [5.74, 6) is 1.02. The molecule has 0 aromatic heterocycles. The predicted molar refractivity (Wildman–Crippen MR) is 107 cm³/mol. The lowest BCUT2D eigenvalue weighted by Crippen LogP contribution is -2.32. The van der Waals surface area contributed by atoms with E-state index in [4.69, 9.17) is 4.74 Å². The number of phenols is 2. The van der Waals surface area contributed by atoms with Crippen LogP contribution in [0.3, 0.4) is 0 Å². The first-order valence-corrected chi connectivity index (χ1v) is 9.25. The standard InChI is InChI=1S/C25H16O3/c26-20-13-14-22-23(24(20)27)25(19-11-5-6-12-21(19)28-22)17-9-3-1-7-15(17)16-8-2-4-10-18(16)25/h1-14,26-27H. The summed E-state index contributed by atoms with van der Waals surface area (Å²) in [6, 6.07) is 27.7. The fourth-order valence-electron chi connectivity index (χ4n) is 4.92. The third-order valence-electron chi connectivity index (χ3n) is 5.96. The Morgan fingerprint density at radius 1 is 0.571 bits per heavy atom. The molecule has 3 heteroatoms. The van der Waals surface area contributed by atoms with Gasteiger partial charge in [0.25, 0.3) is 0 Å². The van der Waals surface area contributed by atoms with E-state index in [1.54, 1.807) is 6.07 Å². The molecule has 6 rings (SSSR count). The molecule has 0 saturated heterocycles. The van der Waals surface area contributed by atoms with Crippen molar-refractivity contribution < 1.29 is 14.9 Å². The van der Waals surface area contributed by atoms with Crippen molar-refractivity contribution in [3.8, 4) is 34.1 Å². The van der Waals surface area contributed by atoms with Gasteiger partial charge in [-0.2, -0.15) is 0 Å². The predicted octanol–water partition coefficient (Wildman–Crippen LogP) is 5.57. The van der Waals surface area contributed by atoms with Gasteiger partial charge in [-0.3, -0.25) is 0 Å². The minimum Gasteiger partial charge on any atom is -0.504 e. The molecule has 0 radical (unpaired) electrons. The molecule has 0 fully saturated rings. The highest BCUT2D eigenvalue weighted by molar-refractivity contribution is 5.89. The molecule has 2 N–H and O–H groups in total. The quantitative estimate of drug-likeness (QED) is 0.347. The van der Waals surface area contributed by atoms with Crippen LogP contribution in [0.15, 0.2) is 84.9 Å². The van der Waals surface area contributed by atoms with Crippen molar-refractivity contribution in [3.63, 3.8) is 0 Å². The number of benzene rings is 4. The molecule has 2 aliphatic rings. The summed E-state index contributed by atoms with van der Waals surface area (Å²) < 4.78 is 6.16. The van der Waals surface area contributed by atoms with Gasteiger partial charge >= 0.3 is 0 Å². The Morgan fingerprint density at radius 2 is 1.14 bits per heavy atom. The highest BCUT2D eigenvalue weighted by atomic mass is 16.5. The monoisotopic (exact) mass is 364 g/mol. The zero-order valence-electron chi connectivity index (χ0n) is 14.9. The van der Waals surface area contributed by atoms with Crippen LogP contribution < -0.4 is 4.74 Å². The zero-order valence-corrected chi connectivity index (χ0v) is 14.9. The van der Waals surface area contributed by atoms with Gasteiger partial charge in [0.1, 0.15) is 11.5 Å². The van der Waals surface area contributed by atoms with Crippen LogP contribution in [0.2, 0.25) is 0 Å². The van der Waals surface area contributed by atoms with Gasteiger partial charge in [0.05, 0.1) is 11.0 Å². The Bertz CT molecular complexity index is 1230. The van der Waals surface area contributed by atoms with Crippen molar-refractivity contribution in [1.29, 1.82) is 0 Å². The summed E-state index contributed by atoms with van der Waals surface area (Å²) >= 11 is 0. The van der Waals surface area contributed by atoms with Crippen LogP contribution in [0.1, 0.15) is 22.3 Å². The molecule has 1 heterocycles. The Morgan fingerprint density at radius 3 is 1.82 bits per heavy atom. The number of para-hydroxylation sites is 1. The van der Waals surface area contributed by atoms with Gasteiger partial charge < -0.3 is 14.9 Å². The molecule has 1 aliphatic heterocycles. The van der Waals surface area contributed by atoms with Crippen LogP contribution >= 0.6 is 0 Å². The zero-order chi connectivity index (χ0) is 18.9. The number of hydrogen-bond donors (Lipinski definition) is 2. The first-order chi connectivity index (χ1) is 13.7. The summed E-state index contributed by atoms with van der Waals surface area (Å²) in [4.78, 5) is 0. The van der Waals surface area contributed by atoms with Crippen molar-refractivity contribution in [2.24, 2.45) is 0 Å². The van der Waals surface area contributed by atoms with Crippen molar-refractivity contribution in [2.75, 3.05) is 0 Å². The number of ether oxygens (including phenoxy) is 1. The second-order valence-corrected chi connectivity index (χ2v) is 7.25. The Balaban J connectivity index is 1.89. The van der Waals surface area contributed by atoms with Crippen molar-refractivity contribution in [2.45, 2.75) is 5.41 Å². The number of hydrogen-bond acceptors (Lipinski definition) is 3. The van der Waals surface area contributed by atoms with Crippen LogP contribution in [-0.2, 0) is 5.41 Å². The molecule has 0 unspecified atom stereocenters. The maximum Gasteiger partial charge on any atom is 0.166 e. The summed E-state index contributed by atoms with van der Waals surface area (Å²) in [7, 11) is 0. The molecule has 4 aromatic rings. The van der Waals surface area contributed by atoms with Crippen LogP contribution in [0, 0.1) is 0 Å². The smallest absolute Gasteiger partial charge is 0.166 e. The molecular weight excluding hydrogens is 348 g/mol. The molecule has 1 spiro atoms. The van der Waals surface area contributed by atoms with Crippen molar-refractivity contribution in [1.82, 2.24) is 0 Å². The third kappa shape index (κ3) is 1.65. The average molecular weight is 364 g/mol. The fourth-order valence-corrected chi connectivity index (χ4v) is 4.92. The second kappa shape index (κ2) is 5.17. The molecule has 0 atom stereocenters. The van der Waals surface area contributed by atoms with Gasteiger partial charge in [0, 0.05) is 5.56 Å². The van der Waals surface area contributed by atoms with Crippen LogP contribution in [-0.4, -0.2) is 10.2 Å². The van der Waals surface area contributed by atoms with Gasteiger partial charge in [0.2, 0.25) is 0 Å². The Hall–Kier alpha value is -3.72. The van der Waals surface area contributed by atoms with Gasteiger partial charge in [-0.1, -0.05) is 66.7 Å². The fraction of sp³-hybridized carbons (Fsp3) is 0.0400. The van der Waals surface area contributed by atoms with E-state index < -0.39 is 5.41 Å². The van der Waals surface area contributed by atoms with E-state index in [2.05, 4.69) is 24.3 Å². The van der Waals surface area contributed by atoms with Gasteiger partial charge in [-0.25, -0.2) is 0 Å². The number of aromatic hydroxyl groups is 2. The van der Waals surface area contributed by atoms with Gasteiger partial charge in [0.15, 0.2) is 11.5 Å². The largest absolute Gasteiger partial charge is 0.504 e. The molecule has 0 saturated carbocycles. The molecule has 0 amide bonds. The van der Waals surface area contributed by atoms with Gasteiger partial charge in [-0.05, 0) is 40.5 Å². The molecule has 28 heavy (non-hydrogen) atoms. The molecule has 0 bridgehead atoms. The van der Waals surface area contributed by atoms with E-state index in [-0.39, 0.29) is 11.5 Å². The summed E-state index contributed by atoms with van der Waals surface area (Å²) in [5.41, 5.74) is 5.21. The summed E-state index contributed by atoms with van der Waals surface area (Å²) in [6.07, 6.45) is 0.